The summed E-state index contributed by atoms with van der Waals surface area (Å²) in [7, 11) is 1.47. The predicted molar refractivity (Wildman–Crippen MR) is 72.6 cm³/mol. The average molecular weight is 278 g/mol. The summed E-state index contributed by atoms with van der Waals surface area (Å²) < 4.78 is 5.05. The molecule has 0 radical (unpaired) electrons. The van der Waals surface area contributed by atoms with Crippen molar-refractivity contribution < 1.29 is 19.4 Å². The molecule has 2 rings (SSSR count). The number of carbonyl (C=O) groups is 2. The first-order valence-corrected chi connectivity index (χ1v) is 6.60. The zero-order chi connectivity index (χ0) is 14.6. The number of rotatable bonds is 5. The minimum Gasteiger partial charge on any atom is -0.481 e. The van der Waals surface area contributed by atoms with E-state index in [1.165, 1.54) is 7.11 Å². The summed E-state index contributed by atoms with van der Waals surface area (Å²) in [4.78, 5) is 27.5. The Kier molecular flexibility index (Phi) is 4.22. The van der Waals surface area contributed by atoms with E-state index in [-0.39, 0.29) is 12.3 Å². The minimum absolute atomic E-state index is 0.0135. The first kappa shape index (κ1) is 14.3. The fourth-order valence-corrected chi connectivity index (χ4v) is 2.67. The molecule has 108 valence electrons. The van der Waals surface area contributed by atoms with Crippen LogP contribution in [-0.4, -0.2) is 29.1 Å². The van der Waals surface area contributed by atoms with Gasteiger partial charge < -0.3 is 15.2 Å². The number of hydrogen-bond acceptors (Lipinski definition) is 4. The lowest BCUT2D eigenvalue weighted by atomic mass is 9.82. The number of hydrogen-bond donors (Lipinski definition) is 2. The van der Waals surface area contributed by atoms with Gasteiger partial charge >= 0.3 is 5.97 Å². The van der Waals surface area contributed by atoms with Crippen molar-refractivity contribution in [1.82, 2.24) is 4.98 Å². The van der Waals surface area contributed by atoms with E-state index in [0.29, 0.717) is 24.4 Å². The van der Waals surface area contributed by atoms with E-state index in [4.69, 9.17) is 4.74 Å². The summed E-state index contributed by atoms with van der Waals surface area (Å²) in [6, 6.07) is 3.35. The van der Waals surface area contributed by atoms with Crippen molar-refractivity contribution in [3.8, 4) is 5.88 Å². The number of ether oxygens (including phenoxy) is 1. The van der Waals surface area contributed by atoms with Gasteiger partial charge in [0.2, 0.25) is 11.8 Å². The molecule has 0 aliphatic heterocycles. The third-order valence-corrected chi connectivity index (χ3v) is 3.75. The number of aromatic nitrogens is 1. The van der Waals surface area contributed by atoms with Gasteiger partial charge in [-0.3, -0.25) is 9.59 Å². The van der Waals surface area contributed by atoms with E-state index in [0.717, 1.165) is 12.8 Å². The molecule has 6 heteroatoms. The fraction of sp³-hybridized carbons (Fsp3) is 0.500. The van der Waals surface area contributed by atoms with Gasteiger partial charge in [-0.25, -0.2) is 4.98 Å². The summed E-state index contributed by atoms with van der Waals surface area (Å²) in [5.74, 6) is -0.888. The van der Waals surface area contributed by atoms with Gasteiger partial charge in [0.15, 0.2) is 0 Å². The number of amides is 1. The SMILES string of the molecule is COc1ncccc1NC(=O)CC1(C(=O)O)CCCC1. The third kappa shape index (κ3) is 2.89. The van der Waals surface area contributed by atoms with Gasteiger partial charge in [-0.15, -0.1) is 0 Å². The van der Waals surface area contributed by atoms with Crippen LogP contribution in [0.5, 0.6) is 5.88 Å². The summed E-state index contributed by atoms with van der Waals surface area (Å²) >= 11 is 0. The number of nitrogens with zero attached hydrogens (tertiary/aromatic N) is 1. The van der Waals surface area contributed by atoms with Gasteiger partial charge in [-0.05, 0) is 25.0 Å². The van der Waals surface area contributed by atoms with Crippen molar-refractivity contribution in [2.45, 2.75) is 32.1 Å². The van der Waals surface area contributed by atoms with Crippen LogP contribution in [0, 0.1) is 5.41 Å². The number of aliphatic carboxylic acids is 1. The fourth-order valence-electron chi connectivity index (χ4n) is 2.67. The van der Waals surface area contributed by atoms with Crippen LogP contribution in [0.3, 0.4) is 0 Å². The second-order valence-corrected chi connectivity index (χ2v) is 5.08. The molecular weight excluding hydrogens is 260 g/mol. The zero-order valence-corrected chi connectivity index (χ0v) is 11.4. The molecule has 1 amide bonds. The molecule has 1 aliphatic carbocycles. The lowest BCUT2D eigenvalue weighted by Crippen LogP contribution is -2.32. The molecule has 20 heavy (non-hydrogen) atoms. The summed E-state index contributed by atoms with van der Waals surface area (Å²) in [5.41, 5.74) is -0.460. The second-order valence-electron chi connectivity index (χ2n) is 5.08. The molecule has 0 unspecified atom stereocenters. The molecule has 1 aromatic heterocycles. The van der Waals surface area contributed by atoms with Crippen molar-refractivity contribution >= 4 is 17.6 Å². The van der Waals surface area contributed by atoms with Crippen molar-refractivity contribution in [3.05, 3.63) is 18.3 Å². The van der Waals surface area contributed by atoms with Crippen molar-refractivity contribution in [2.75, 3.05) is 12.4 Å². The van der Waals surface area contributed by atoms with Gasteiger partial charge in [0.05, 0.1) is 12.5 Å². The maximum Gasteiger partial charge on any atom is 0.310 e. The second kappa shape index (κ2) is 5.90. The van der Waals surface area contributed by atoms with E-state index < -0.39 is 11.4 Å². The van der Waals surface area contributed by atoms with Gasteiger partial charge in [0.25, 0.3) is 0 Å². The lowest BCUT2D eigenvalue weighted by Gasteiger charge is -2.23. The number of methoxy groups -OCH3 is 1. The number of carbonyl (C=O) groups excluding carboxylic acids is 1. The standard InChI is InChI=1S/C14H18N2O4/c1-20-12-10(5-4-8-15-12)16-11(17)9-14(13(18)19)6-2-3-7-14/h4-5,8H,2-3,6-7,9H2,1H3,(H,16,17)(H,18,19). The summed E-state index contributed by atoms with van der Waals surface area (Å²) in [5, 5.41) is 12.0. The van der Waals surface area contributed by atoms with Gasteiger partial charge in [-0.2, -0.15) is 0 Å². The van der Waals surface area contributed by atoms with E-state index >= 15 is 0 Å². The molecule has 0 aromatic carbocycles. The average Bonchev–Trinajstić information content (AvgIpc) is 2.89. The van der Waals surface area contributed by atoms with E-state index in [1.807, 2.05) is 0 Å². The zero-order valence-electron chi connectivity index (χ0n) is 11.4. The maximum atomic E-state index is 12.1. The van der Waals surface area contributed by atoms with Crippen LogP contribution < -0.4 is 10.1 Å². The Labute approximate surface area is 117 Å². The Bertz CT molecular complexity index is 510. The van der Waals surface area contributed by atoms with Crippen molar-refractivity contribution in [1.29, 1.82) is 0 Å². The first-order valence-electron chi connectivity index (χ1n) is 6.60. The Hall–Kier alpha value is -2.11. The Morgan fingerprint density at radius 2 is 2.15 bits per heavy atom. The highest BCUT2D eigenvalue weighted by molar-refractivity contribution is 5.95. The maximum absolute atomic E-state index is 12.1. The van der Waals surface area contributed by atoms with E-state index in [2.05, 4.69) is 10.3 Å². The van der Waals surface area contributed by atoms with Crippen LogP contribution in [0.25, 0.3) is 0 Å². The Morgan fingerprint density at radius 1 is 1.45 bits per heavy atom. The molecular formula is C14H18N2O4. The third-order valence-electron chi connectivity index (χ3n) is 3.75. The van der Waals surface area contributed by atoms with Crippen LogP contribution in [0.4, 0.5) is 5.69 Å². The summed E-state index contributed by atoms with van der Waals surface area (Å²) in [6.45, 7) is 0. The molecule has 1 aromatic rings. The highest BCUT2D eigenvalue weighted by Crippen LogP contribution is 2.41. The van der Waals surface area contributed by atoms with E-state index in [1.54, 1.807) is 18.3 Å². The monoisotopic (exact) mass is 278 g/mol. The molecule has 6 nitrogen and oxygen atoms in total. The molecule has 0 saturated heterocycles. The quantitative estimate of drug-likeness (QED) is 0.860. The van der Waals surface area contributed by atoms with Crippen molar-refractivity contribution in [2.24, 2.45) is 5.41 Å². The number of nitrogens with one attached hydrogen (secondary N) is 1. The van der Waals surface area contributed by atoms with Crippen LogP contribution in [0.2, 0.25) is 0 Å². The Balaban J connectivity index is 2.07. The highest BCUT2D eigenvalue weighted by atomic mass is 16.5. The van der Waals surface area contributed by atoms with Crippen LogP contribution in [0.15, 0.2) is 18.3 Å². The lowest BCUT2D eigenvalue weighted by molar-refractivity contribution is -0.150. The molecule has 2 N–H and O–H groups in total. The molecule has 1 aliphatic rings. The van der Waals surface area contributed by atoms with E-state index in [9.17, 15) is 14.7 Å². The largest absolute Gasteiger partial charge is 0.481 e. The Morgan fingerprint density at radius 3 is 2.75 bits per heavy atom. The molecule has 0 spiro atoms. The topological polar surface area (TPSA) is 88.5 Å². The van der Waals surface area contributed by atoms with Crippen molar-refractivity contribution in [3.63, 3.8) is 0 Å². The number of anilines is 1. The van der Waals surface area contributed by atoms with Crippen LogP contribution in [-0.2, 0) is 9.59 Å². The van der Waals surface area contributed by atoms with Crippen LogP contribution >= 0.6 is 0 Å². The number of carboxylic acid groups (broad SMARTS) is 1. The number of pyridine rings is 1. The summed E-state index contributed by atoms with van der Waals surface area (Å²) in [6.07, 6.45) is 4.37. The molecule has 0 atom stereocenters. The molecule has 0 bridgehead atoms. The smallest absolute Gasteiger partial charge is 0.310 e. The number of carboxylic acids is 1. The normalized spacial score (nSPS) is 16.6. The van der Waals surface area contributed by atoms with Gasteiger partial charge in [0, 0.05) is 12.6 Å². The highest BCUT2D eigenvalue weighted by Gasteiger charge is 2.43. The first-order chi connectivity index (χ1) is 9.57. The molecule has 1 saturated carbocycles. The van der Waals surface area contributed by atoms with Gasteiger partial charge in [0.1, 0.15) is 5.69 Å². The predicted octanol–water partition coefficient (Wildman–Crippen LogP) is 2.06. The van der Waals surface area contributed by atoms with Crippen LogP contribution in [0.1, 0.15) is 32.1 Å². The minimum atomic E-state index is -0.917. The molecule has 1 heterocycles. The molecule has 1 fully saturated rings. The van der Waals surface area contributed by atoms with Gasteiger partial charge in [-0.1, -0.05) is 12.8 Å².